The molecule has 15 heavy (non-hydrogen) atoms. The summed E-state index contributed by atoms with van der Waals surface area (Å²) in [5.41, 5.74) is 0.587. The molecule has 76 valence electrons. The zero-order chi connectivity index (χ0) is 10.8. The molecule has 6 heteroatoms. The number of rotatable bonds is 2. The molecule has 4 nitrogen and oxygen atoms in total. The van der Waals surface area contributed by atoms with Gasteiger partial charge in [-0.2, -0.15) is 5.26 Å². The van der Waals surface area contributed by atoms with Crippen molar-refractivity contribution in [2.45, 2.75) is 11.7 Å². The van der Waals surface area contributed by atoms with Crippen LogP contribution in [0.3, 0.4) is 0 Å². The summed E-state index contributed by atoms with van der Waals surface area (Å²) in [6.07, 6.45) is 1.84. The molecule has 0 bridgehead atoms. The lowest BCUT2D eigenvalue weighted by atomic mass is 10.4. The Hall–Kier alpha value is -1.32. The molecule has 2 rings (SSSR count). The summed E-state index contributed by atoms with van der Waals surface area (Å²) in [5, 5.41) is 11.1. The first-order valence-electron chi connectivity index (χ1n) is 4.17. The number of thiophene rings is 1. The van der Waals surface area contributed by atoms with E-state index < -0.39 is 0 Å². The van der Waals surface area contributed by atoms with Gasteiger partial charge in [-0.15, -0.1) is 11.3 Å². The molecule has 0 atom stereocenters. The third-order valence-electron chi connectivity index (χ3n) is 1.94. The lowest BCUT2D eigenvalue weighted by molar-refractivity contribution is 0.680. The van der Waals surface area contributed by atoms with Crippen molar-refractivity contribution in [3.63, 3.8) is 0 Å². The second-order valence-electron chi connectivity index (χ2n) is 2.78. The van der Waals surface area contributed by atoms with Gasteiger partial charge >= 0.3 is 0 Å². The highest BCUT2D eigenvalue weighted by atomic mass is 32.2. The molecule has 0 aliphatic rings. The Labute approximate surface area is 94.2 Å². The van der Waals surface area contributed by atoms with Gasteiger partial charge in [0.25, 0.3) is 5.56 Å². The molecular weight excluding hydrogens is 230 g/mol. The number of aromatic nitrogens is 2. The molecule has 0 aromatic carbocycles. The summed E-state index contributed by atoms with van der Waals surface area (Å²) in [7, 11) is 0. The van der Waals surface area contributed by atoms with Gasteiger partial charge in [0.1, 0.15) is 11.2 Å². The standard InChI is InChI=1S/C9H7N3OS2/c1-14-9-11-6-2-5-15-7(6)8(13)12(9)4-3-10/h2,5H,4H2,1H3. The van der Waals surface area contributed by atoms with Crippen molar-refractivity contribution in [2.75, 3.05) is 6.26 Å². The van der Waals surface area contributed by atoms with Crippen LogP contribution in [-0.4, -0.2) is 15.8 Å². The quantitative estimate of drug-likeness (QED) is 0.589. The lowest BCUT2D eigenvalue weighted by Crippen LogP contribution is -2.21. The van der Waals surface area contributed by atoms with Gasteiger partial charge < -0.3 is 0 Å². The highest BCUT2D eigenvalue weighted by Crippen LogP contribution is 2.18. The number of fused-ring (bicyclic) bond motifs is 1. The molecule has 0 unspecified atom stereocenters. The third-order valence-corrected chi connectivity index (χ3v) is 3.51. The second kappa shape index (κ2) is 4.04. The van der Waals surface area contributed by atoms with Crippen molar-refractivity contribution in [2.24, 2.45) is 0 Å². The van der Waals surface area contributed by atoms with E-state index in [9.17, 15) is 4.79 Å². The summed E-state index contributed by atoms with van der Waals surface area (Å²) >= 11 is 2.73. The Kier molecular flexibility index (Phi) is 2.75. The van der Waals surface area contributed by atoms with Crippen LogP contribution in [0.4, 0.5) is 0 Å². The highest BCUT2D eigenvalue weighted by molar-refractivity contribution is 7.98. The molecular formula is C9H7N3OS2. The maximum atomic E-state index is 11.9. The van der Waals surface area contributed by atoms with E-state index >= 15 is 0 Å². The smallest absolute Gasteiger partial charge is 0.272 e. The molecule has 2 aromatic rings. The van der Waals surface area contributed by atoms with E-state index in [0.717, 1.165) is 0 Å². The van der Waals surface area contributed by atoms with Crippen LogP contribution in [0.25, 0.3) is 10.2 Å². The van der Waals surface area contributed by atoms with E-state index in [-0.39, 0.29) is 12.1 Å². The van der Waals surface area contributed by atoms with Crippen molar-refractivity contribution < 1.29 is 0 Å². The predicted octanol–water partition coefficient (Wildman–Crippen LogP) is 1.70. The summed E-state index contributed by atoms with van der Waals surface area (Å²) in [6.45, 7) is 0.0514. The zero-order valence-electron chi connectivity index (χ0n) is 7.93. The number of nitriles is 1. The van der Waals surface area contributed by atoms with E-state index in [1.54, 1.807) is 0 Å². The van der Waals surface area contributed by atoms with Crippen molar-refractivity contribution in [3.8, 4) is 6.07 Å². The molecule has 0 saturated heterocycles. The molecule has 2 heterocycles. The van der Waals surface area contributed by atoms with Crippen LogP contribution < -0.4 is 5.56 Å². The Morgan fingerprint density at radius 1 is 1.73 bits per heavy atom. The molecule has 0 aliphatic carbocycles. The average molecular weight is 237 g/mol. The molecule has 0 N–H and O–H groups in total. The van der Waals surface area contributed by atoms with Crippen LogP contribution in [0.1, 0.15) is 0 Å². The first kappa shape index (κ1) is 10.2. The fraction of sp³-hybridized carbons (Fsp3) is 0.222. The fourth-order valence-corrected chi connectivity index (χ4v) is 2.63. The topological polar surface area (TPSA) is 58.7 Å². The van der Waals surface area contributed by atoms with E-state index in [1.165, 1.54) is 27.7 Å². The zero-order valence-corrected chi connectivity index (χ0v) is 9.56. The van der Waals surface area contributed by atoms with E-state index in [4.69, 9.17) is 5.26 Å². The van der Waals surface area contributed by atoms with Crippen LogP contribution in [0.15, 0.2) is 21.4 Å². The average Bonchev–Trinajstić information content (AvgIpc) is 2.70. The number of thioether (sulfide) groups is 1. The highest BCUT2D eigenvalue weighted by Gasteiger charge is 2.10. The van der Waals surface area contributed by atoms with E-state index in [2.05, 4.69) is 4.98 Å². The first-order valence-corrected chi connectivity index (χ1v) is 6.27. The van der Waals surface area contributed by atoms with Crippen molar-refractivity contribution in [3.05, 3.63) is 21.8 Å². The largest absolute Gasteiger partial charge is 0.273 e. The maximum absolute atomic E-state index is 11.9. The molecule has 0 saturated carbocycles. The number of hydrogen-bond donors (Lipinski definition) is 0. The molecule has 0 fully saturated rings. The Bertz CT molecular complexity index is 593. The van der Waals surface area contributed by atoms with E-state index in [0.29, 0.717) is 15.4 Å². The predicted molar refractivity (Wildman–Crippen MR) is 61.3 cm³/mol. The van der Waals surface area contributed by atoms with Gasteiger partial charge in [-0.1, -0.05) is 11.8 Å². The van der Waals surface area contributed by atoms with Gasteiger partial charge in [0, 0.05) is 0 Å². The lowest BCUT2D eigenvalue weighted by Gasteiger charge is -2.05. The molecule has 2 aromatic heterocycles. The Balaban J connectivity index is 2.81. The van der Waals surface area contributed by atoms with E-state index in [1.807, 2.05) is 23.8 Å². The molecule has 0 aliphatic heterocycles. The Morgan fingerprint density at radius 3 is 3.20 bits per heavy atom. The van der Waals surface area contributed by atoms with Crippen LogP contribution in [-0.2, 0) is 6.54 Å². The first-order chi connectivity index (χ1) is 7.27. The number of nitrogens with zero attached hydrogens (tertiary/aromatic N) is 3. The molecule has 0 amide bonds. The van der Waals surface area contributed by atoms with Crippen LogP contribution >= 0.6 is 23.1 Å². The fourth-order valence-electron chi connectivity index (χ4n) is 1.29. The van der Waals surface area contributed by atoms with Gasteiger partial charge in [0.15, 0.2) is 5.16 Å². The van der Waals surface area contributed by atoms with Crippen molar-refractivity contribution in [1.82, 2.24) is 9.55 Å². The van der Waals surface area contributed by atoms with Gasteiger partial charge in [-0.3, -0.25) is 9.36 Å². The van der Waals surface area contributed by atoms with Crippen molar-refractivity contribution in [1.29, 1.82) is 5.26 Å². The maximum Gasteiger partial charge on any atom is 0.273 e. The number of hydrogen-bond acceptors (Lipinski definition) is 5. The van der Waals surface area contributed by atoms with Crippen LogP contribution in [0.2, 0.25) is 0 Å². The van der Waals surface area contributed by atoms with Gasteiger partial charge in [0.05, 0.1) is 11.6 Å². The SMILES string of the molecule is CSc1nc2ccsc2c(=O)n1CC#N. The minimum absolute atomic E-state index is 0.0514. The van der Waals surface area contributed by atoms with Crippen LogP contribution in [0, 0.1) is 11.3 Å². The van der Waals surface area contributed by atoms with Gasteiger partial charge in [-0.05, 0) is 17.7 Å². The molecule has 0 spiro atoms. The van der Waals surface area contributed by atoms with Gasteiger partial charge in [0.2, 0.25) is 0 Å². The molecule has 0 radical (unpaired) electrons. The minimum Gasteiger partial charge on any atom is -0.272 e. The normalized spacial score (nSPS) is 10.4. The monoisotopic (exact) mass is 237 g/mol. The van der Waals surface area contributed by atoms with Gasteiger partial charge in [-0.25, -0.2) is 4.98 Å². The third kappa shape index (κ3) is 1.64. The summed E-state index contributed by atoms with van der Waals surface area (Å²) in [4.78, 5) is 16.2. The minimum atomic E-state index is -0.124. The second-order valence-corrected chi connectivity index (χ2v) is 4.47. The summed E-state index contributed by atoms with van der Waals surface area (Å²) in [6, 6.07) is 3.79. The summed E-state index contributed by atoms with van der Waals surface area (Å²) < 4.78 is 2.02. The van der Waals surface area contributed by atoms with Crippen molar-refractivity contribution >= 4 is 33.3 Å². The summed E-state index contributed by atoms with van der Waals surface area (Å²) in [5.74, 6) is 0. The Morgan fingerprint density at radius 2 is 2.53 bits per heavy atom. The van der Waals surface area contributed by atoms with Crippen LogP contribution in [0.5, 0.6) is 0 Å².